The molecule has 1 aliphatic heterocycles. The third-order valence-corrected chi connectivity index (χ3v) is 5.81. The van der Waals surface area contributed by atoms with Crippen LogP contribution < -0.4 is 9.64 Å². The number of hydrogen-bond acceptors (Lipinski definition) is 4. The summed E-state index contributed by atoms with van der Waals surface area (Å²) in [6, 6.07) is 16.4. The van der Waals surface area contributed by atoms with Crippen molar-refractivity contribution in [1.29, 1.82) is 5.26 Å². The summed E-state index contributed by atoms with van der Waals surface area (Å²) < 4.78 is 6.84. The number of halogens is 1. The molecular formula is C22H20IN3O. The van der Waals surface area contributed by atoms with Gasteiger partial charge in [-0.05, 0) is 72.2 Å². The highest BCUT2D eigenvalue weighted by Gasteiger charge is 2.16. The van der Waals surface area contributed by atoms with Gasteiger partial charge in [-0.15, -0.1) is 0 Å². The number of ether oxygens (including phenoxy) is 1. The fourth-order valence-electron chi connectivity index (χ4n) is 3.59. The number of benzene rings is 2. The van der Waals surface area contributed by atoms with Crippen molar-refractivity contribution in [3.63, 3.8) is 0 Å². The van der Waals surface area contributed by atoms with Crippen molar-refractivity contribution < 1.29 is 4.74 Å². The van der Waals surface area contributed by atoms with Crippen molar-refractivity contribution in [3.8, 4) is 11.8 Å². The molecule has 0 unspecified atom stereocenters. The number of fused-ring (bicyclic) bond motifs is 1. The highest BCUT2D eigenvalue weighted by Crippen LogP contribution is 2.30. The number of hydrogen-bond donors (Lipinski definition) is 0. The van der Waals surface area contributed by atoms with E-state index in [2.05, 4.69) is 57.8 Å². The molecule has 0 amide bonds. The number of nitriles is 1. The molecule has 3 aromatic rings. The van der Waals surface area contributed by atoms with Crippen molar-refractivity contribution in [3.05, 3.63) is 62.9 Å². The number of aromatic nitrogens is 1. The lowest BCUT2D eigenvalue weighted by atomic mass is 10.1. The molecule has 1 aromatic heterocycles. The van der Waals surface area contributed by atoms with Crippen molar-refractivity contribution in [2.75, 3.05) is 18.0 Å². The van der Waals surface area contributed by atoms with E-state index in [1.165, 1.54) is 23.9 Å². The molecule has 2 aromatic carbocycles. The van der Waals surface area contributed by atoms with Gasteiger partial charge < -0.3 is 9.64 Å². The van der Waals surface area contributed by atoms with Gasteiger partial charge >= 0.3 is 0 Å². The number of pyridine rings is 1. The van der Waals surface area contributed by atoms with Gasteiger partial charge in [-0.2, -0.15) is 5.26 Å². The summed E-state index contributed by atoms with van der Waals surface area (Å²) in [5.41, 5.74) is 4.96. The zero-order chi connectivity index (χ0) is 18.8. The summed E-state index contributed by atoms with van der Waals surface area (Å²) in [5, 5.41) is 10.5. The van der Waals surface area contributed by atoms with Crippen LogP contribution >= 0.6 is 22.6 Å². The van der Waals surface area contributed by atoms with Gasteiger partial charge in [-0.1, -0.05) is 18.2 Å². The zero-order valence-corrected chi connectivity index (χ0v) is 17.4. The van der Waals surface area contributed by atoms with Gasteiger partial charge in [0.05, 0.1) is 5.52 Å². The second-order valence-corrected chi connectivity index (χ2v) is 8.00. The highest BCUT2D eigenvalue weighted by atomic mass is 127. The first-order valence-corrected chi connectivity index (χ1v) is 10.2. The van der Waals surface area contributed by atoms with Crippen LogP contribution in [-0.2, 0) is 6.61 Å². The fraction of sp³-hybridized carbons (Fsp3) is 0.273. The third-order valence-electron chi connectivity index (χ3n) is 4.91. The van der Waals surface area contributed by atoms with Gasteiger partial charge in [0.15, 0.2) is 0 Å². The van der Waals surface area contributed by atoms with Crippen LogP contribution in [0.2, 0.25) is 0 Å². The molecule has 136 valence electrons. The third kappa shape index (κ3) is 3.72. The van der Waals surface area contributed by atoms with Crippen LogP contribution in [0.1, 0.15) is 29.7 Å². The maximum atomic E-state index is 9.35. The largest absolute Gasteiger partial charge is 0.487 e. The maximum Gasteiger partial charge on any atom is 0.138 e. The van der Waals surface area contributed by atoms with E-state index < -0.39 is 0 Å². The summed E-state index contributed by atoms with van der Waals surface area (Å²) in [6.07, 6.45) is 2.51. The zero-order valence-electron chi connectivity index (χ0n) is 15.2. The standard InChI is InChI=1S/C22H20IN3O/c1-15-11-21(26-9-2-3-10-26)17-8-7-16(12-20(17)25-15)14-27-22-6-4-5-19(23)18(22)13-24/h4-8,11-12H,2-3,9-10,14H2,1H3. The molecule has 0 atom stereocenters. The van der Waals surface area contributed by atoms with Crippen LogP contribution in [0.15, 0.2) is 42.5 Å². The van der Waals surface area contributed by atoms with E-state index in [1.807, 2.05) is 25.1 Å². The maximum absolute atomic E-state index is 9.35. The predicted octanol–water partition coefficient (Wildman–Crippen LogP) is 5.20. The molecule has 4 nitrogen and oxygen atoms in total. The van der Waals surface area contributed by atoms with E-state index in [9.17, 15) is 5.26 Å². The van der Waals surface area contributed by atoms with E-state index >= 15 is 0 Å². The molecule has 1 fully saturated rings. The molecule has 1 saturated heterocycles. The number of aryl methyl sites for hydroxylation is 1. The van der Waals surface area contributed by atoms with Gasteiger partial charge in [0.2, 0.25) is 0 Å². The molecule has 0 bridgehead atoms. The molecule has 27 heavy (non-hydrogen) atoms. The van der Waals surface area contributed by atoms with Gasteiger partial charge in [0.25, 0.3) is 0 Å². The lowest BCUT2D eigenvalue weighted by Gasteiger charge is -2.20. The summed E-state index contributed by atoms with van der Waals surface area (Å²) in [5.74, 6) is 0.624. The normalized spacial score (nSPS) is 13.7. The summed E-state index contributed by atoms with van der Waals surface area (Å²) >= 11 is 2.16. The first-order valence-electron chi connectivity index (χ1n) is 9.12. The lowest BCUT2D eigenvalue weighted by molar-refractivity contribution is 0.305. The molecule has 0 radical (unpaired) electrons. The van der Waals surface area contributed by atoms with Crippen LogP contribution in [0, 0.1) is 21.8 Å². The Bertz CT molecular complexity index is 1040. The molecule has 0 spiro atoms. The molecular weight excluding hydrogens is 449 g/mol. The molecule has 4 rings (SSSR count). The van der Waals surface area contributed by atoms with E-state index in [4.69, 9.17) is 9.72 Å². The quantitative estimate of drug-likeness (QED) is 0.493. The SMILES string of the molecule is Cc1cc(N2CCCC2)c2ccc(COc3cccc(I)c3C#N)cc2n1. The van der Waals surface area contributed by atoms with E-state index in [0.717, 1.165) is 33.4 Å². The van der Waals surface area contributed by atoms with Crippen molar-refractivity contribution in [2.24, 2.45) is 0 Å². The Morgan fingerprint density at radius 3 is 2.78 bits per heavy atom. The van der Waals surface area contributed by atoms with Crippen molar-refractivity contribution in [1.82, 2.24) is 4.98 Å². The second-order valence-electron chi connectivity index (χ2n) is 6.84. The smallest absolute Gasteiger partial charge is 0.138 e. The summed E-state index contributed by atoms with van der Waals surface area (Å²) in [6.45, 7) is 4.70. The molecule has 0 aliphatic carbocycles. The minimum absolute atomic E-state index is 0.416. The number of nitrogens with zero attached hydrogens (tertiary/aromatic N) is 3. The van der Waals surface area contributed by atoms with Gasteiger partial charge in [0, 0.05) is 33.4 Å². The number of anilines is 1. The van der Waals surface area contributed by atoms with Crippen molar-refractivity contribution in [2.45, 2.75) is 26.4 Å². The molecule has 0 saturated carbocycles. The van der Waals surface area contributed by atoms with E-state index in [0.29, 0.717) is 17.9 Å². The fourth-order valence-corrected chi connectivity index (χ4v) is 4.18. The van der Waals surface area contributed by atoms with Crippen LogP contribution in [0.25, 0.3) is 10.9 Å². The lowest BCUT2D eigenvalue weighted by Crippen LogP contribution is -2.18. The van der Waals surface area contributed by atoms with Crippen LogP contribution in [0.4, 0.5) is 5.69 Å². The Morgan fingerprint density at radius 2 is 2.00 bits per heavy atom. The summed E-state index contributed by atoms with van der Waals surface area (Å²) in [4.78, 5) is 7.19. The molecule has 5 heteroatoms. The molecule has 1 aliphatic rings. The first kappa shape index (κ1) is 18.1. The molecule has 0 N–H and O–H groups in total. The first-order chi connectivity index (χ1) is 13.2. The van der Waals surface area contributed by atoms with E-state index in [1.54, 1.807) is 0 Å². The average Bonchev–Trinajstić information content (AvgIpc) is 3.20. The van der Waals surface area contributed by atoms with Gasteiger partial charge in [-0.25, -0.2) is 0 Å². The minimum Gasteiger partial charge on any atom is -0.487 e. The Morgan fingerprint density at radius 1 is 1.19 bits per heavy atom. The minimum atomic E-state index is 0.416. The summed E-state index contributed by atoms with van der Waals surface area (Å²) in [7, 11) is 0. The Kier molecular flexibility index (Phi) is 5.17. The van der Waals surface area contributed by atoms with Crippen molar-refractivity contribution >= 4 is 39.2 Å². The van der Waals surface area contributed by atoms with Crippen LogP contribution in [0.5, 0.6) is 5.75 Å². The van der Waals surface area contributed by atoms with Crippen LogP contribution in [-0.4, -0.2) is 18.1 Å². The van der Waals surface area contributed by atoms with Gasteiger partial charge in [0.1, 0.15) is 24.0 Å². The predicted molar refractivity (Wildman–Crippen MR) is 116 cm³/mol. The Balaban J connectivity index is 1.63. The number of rotatable bonds is 4. The topological polar surface area (TPSA) is 49.1 Å². The van der Waals surface area contributed by atoms with Gasteiger partial charge in [-0.3, -0.25) is 4.98 Å². The van der Waals surface area contributed by atoms with Crippen LogP contribution in [0.3, 0.4) is 0 Å². The second kappa shape index (κ2) is 7.73. The Hall–Kier alpha value is -2.33. The monoisotopic (exact) mass is 469 g/mol. The Labute approximate surface area is 172 Å². The molecule has 2 heterocycles. The highest BCUT2D eigenvalue weighted by molar-refractivity contribution is 14.1. The average molecular weight is 469 g/mol. The van der Waals surface area contributed by atoms with E-state index in [-0.39, 0.29) is 0 Å².